The van der Waals surface area contributed by atoms with Crippen LogP contribution in [0.15, 0.2) is 243 Å². The van der Waals surface area contributed by atoms with Crippen molar-refractivity contribution in [1.29, 1.82) is 0 Å². The Kier molecular flexibility index (Phi) is 8.87. The van der Waals surface area contributed by atoms with Gasteiger partial charge in [0.15, 0.2) is 0 Å². The summed E-state index contributed by atoms with van der Waals surface area (Å²) in [5.41, 5.74) is 11.7. The van der Waals surface area contributed by atoms with Crippen molar-refractivity contribution in [2.24, 2.45) is 0 Å². The Balaban J connectivity index is 1.02. The highest BCUT2D eigenvalue weighted by molar-refractivity contribution is 6.22. The second-order valence-electron chi connectivity index (χ2n) is 15.3. The Morgan fingerprint density at radius 1 is 0.200 bits per heavy atom. The third-order valence-corrected chi connectivity index (χ3v) is 11.7. The van der Waals surface area contributed by atoms with E-state index in [1.807, 2.05) is 0 Å². The second kappa shape index (κ2) is 15.1. The summed E-state index contributed by atoms with van der Waals surface area (Å²) in [6.45, 7) is 0. The van der Waals surface area contributed by atoms with E-state index in [9.17, 15) is 0 Å². The quantitative estimate of drug-likeness (QED) is 0.142. The smallest absolute Gasteiger partial charge is 0.0468 e. The van der Waals surface area contributed by atoms with Crippen LogP contribution in [-0.4, -0.2) is 0 Å². The first-order chi connectivity index (χ1) is 29.8. The van der Waals surface area contributed by atoms with Crippen LogP contribution >= 0.6 is 0 Å². The summed E-state index contributed by atoms with van der Waals surface area (Å²) >= 11 is 0. The topological polar surface area (TPSA) is 6.48 Å². The lowest BCUT2D eigenvalue weighted by molar-refractivity contribution is 1.29. The molecular weight excluding hydrogens is 725 g/mol. The van der Waals surface area contributed by atoms with Crippen molar-refractivity contribution in [3.63, 3.8) is 0 Å². The molecular formula is C58H40N2. The van der Waals surface area contributed by atoms with Gasteiger partial charge in [-0.3, -0.25) is 0 Å². The zero-order valence-corrected chi connectivity index (χ0v) is 33.0. The van der Waals surface area contributed by atoms with Crippen LogP contribution in [0, 0.1) is 0 Å². The van der Waals surface area contributed by atoms with Gasteiger partial charge in [-0.05, 0) is 150 Å². The van der Waals surface area contributed by atoms with Gasteiger partial charge in [-0.15, -0.1) is 0 Å². The van der Waals surface area contributed by atoms with E-state index in [1.165, 1.54) is 65.3 Å². The molecule has 282 valence electrons. The van der Waals surface area contributed by atoms with Crippen LogP contribution in [0.25, 0.3) is 65.3 Å². The van der Waals surface area contributed by atoms with Crippen LogP contribution < -0.4 is 9.80 Å². The number of fused-ring (bicyclic) bond motifs is 4. The van der Waals surface area contributed by atoms with Crippen LogP contribution in [0.2, 0.25) is 0 Å². The van der Waals surface area contributed by atoms with Gasteiger partial charge in [0.1, 0.15) is 0 Å². The highest BCUT2D eigenvalue weighted by Crippen LogP contribution is 2.46. The lowest BCUT2D eigenvalue weighted by atomic mass is 9.85. The summed E-state index contributed by atoms with van der Waals surface area (Å²) in [4.78, 5) is 4.64. The summed E-state index contributed by atoms with van der Waals surface area (Å²) in [6, 6.07) is 87.8. The molecule has 0 spiro atoms. The molecule has 0 atom stereocenters. The van der Waals surface area contributed by atoms with Crippen molar-refractivity contribution >= 4 is 77.2 Å². The average molecular weight is 765 g/mol. The maximum Gasteiger partial charge on any atom is 0.0468 e. The molecule has 0 bridgehead atoms. The Morgan fingerprint density at radius 3 is 0.783 bits per heavy atom. The average Bonchev–Trinajstić information content (AvgIpc) is 3.32. The third kappa shape index (κ3) is 6.32. The van der Waals surface area contributed by atoms with E-state index < -0.39 is 0 Å². The van der Waals surface area contributed by atoms with Gasteiger partial charge >= 0.3 is 0 Å². The molecule has 60 heavy (non-hydrogen) atoms. The maximum absolute atomic E-state index is 2.37. The molecule has 0 fully saturated rings. The fourth-order valence-corrected chi connectivity index (χ4v) is 9.01. The Hall–Kier alpha value is -7.94. The summed E-state index contributed by atoms with van der Waals surface area (Å²) < 4.78 is 0. The van der Waals surface area contributed by atoms with Gasteiger partial charge in [-0.2, -0.15) is 0 Å². The lowest BCUT2D eigenvalue weighted by Crippen LogP contribution is -2.09. The lowest BCUT2D eigenvalue weighted by Gasteiger charge is -2.26. The molecule has 0 amide bonds. The minimum atomic E-state index is 1.13. The van der Waals surface area contributed by atoms with Gasteiger partial charge in [0.25, 0.3) is 0 Å². The van der Waals surface area contributed by atoms with E-state index in [0.717, 1.165) is 34.1 Å². The van der Waals surface area contributed by atoms with Crippen molar-refractivity contribution in [3.8, 4) is 22.3 Å². The first-order valence-electron chi connectivity index (χ1n) is 20.6. The number of hydrogen-bond donors (Lipinski definition) is 0. The molecule has 11 aromatic rings. The Labute approximate surface area is 350 Å². The minimum Gasteiger partial charge on any atom is -0.310 e. The molecule has 0 aliphatic carbocycles. The van der Waals surface area contributed by atoms with Crippen molar-refractivity contribution < 1.29 is 0 Å². The van der Waals surface area contributed by atoms with Gasteiger partial charge in [0.05, 0.1) is 0 Å². The number of rotatable bonds is 8. The minimum absolute atomic E-state index is 1.13. The molecule has 0 aromatic heterocycles. The SMILES string of the molecule is c1ccc(N(c2ccccc2)c2ccc3cc(-c4c5ccccc5c(-c5ccc6cc(N(c7ccccc7)c7ccccc7)ccc6c5)c5ccccc45)ccc3c2)cc1. The molecule has 0 N–H and O–H groups in total. The molecule has 11 rings (SSSR count). The fraction of sp³-hybridized carbons (Fsp3) is 0. The molecule has 0 unspecified atom stereocenters. The summed E-state index contributed by atoms with van der Waals surface area (Å²) in [7, 11) is 0. The van der Waals surface area contributed by atoms with Gasteiger partial charge in [0, 0.05) is 34.1 Å². The van der Waals surface area contributed by atoms with Crippen LogP contribution in [0.4, 0.5) is 34.1 Å². The van der Waals surface area contributed by atoms with Crippen LogP contribution in [0.1, 0.15) is 0 Å². The van der Waals surface area contributed by atoms with Crippen LogP contribution in [0.5, 0.6) is 0 Å². The number of anilines is 6. The van der Waals surface area contributed by atoms with Gasteiger partial charge in [0.2, 0.25) is 0 Å². The van der Waals surface area contributed by atoms with E-state index in [1.54, 1.807) is 0 Å². The van der Waals surface area contributed by atoms with Crippen molar-refractivity contribution in [3.05, 3.63) is 243 Å². The molecule has 2 nitrogen and oxygen atoms in total. The largest absolute Gasteiger partial charge is 0.310 e. The molecule has 0 saturated heterocycles. The number of hydrogen-bond acceptors (Lipinski definition) is 2. The number of nitrogens with zero attached hydrogens (tertiary/aromatic N) is 2. The third-order valence-electron chi connectivity index (χ3n) is 11.7. The summed E-state index contributed by atoms with van der Waals surface area (Å²) in [6.07, 6.45) is 0. The van der Waals surface area contributed by atoms with Crippen molar-refractivity contribution in [2.45, 2.75) is 0 Å². The van der Waals surface area contributed by atoms with Crippen LogP contribution in [-0.2, 0) is 0 Å². The molecule has 0 saturated carbocycles. The zero-order chi connectivity index (χ0) is 39.8. The van der Waals surface area contributed by atoms with Gasteiger partial charge in [-0.1, -0.05) is 158 Å². The first kappa shape index (κ1) is 35.2. The standard InChI is InChI=1S/C58H40N2/c1-5-17-47(18-6-1)59(48-19-7-2-8-20-48)51-35-33-41-37-45(31-29-43(41)39-51)57-53-25-13-15-27-55(53)58(56-28-16-14-26-54(56)57)46-32-30-44-40-52(36-34-42(44)38-46)60(49-21-9-3-10-22-49)50-23-11-4-12-24-50/h1-40H. The van der Waals surface area contributed by atoms with Gasteiger partial charge < -0.3 is 9.80 Å². The maximum atomic E-state index is 2.37. The summed E-state index contributed by atoms with van der Waals surface area (Å²) in [5, 5.41) is 9.82. The zero-order valence-electron chi connectivity index (χ0n) is 33.0. The van der Waals surface area contributed by atoms with Crippen molar-refractivity contribution in [1.82, 2.24) is 0 Å². The number of para-hydroxylation sites is 4. The van der Waals surface area contributed by atoms with E-state index >= 15 is 0 Å². The fourth-order valence-electron chi connectivity index (χ4n) is 9.01. The highest BCUT2D eigenvalue weighted by atomic mass is 15.1. The molecule has 11 aromatic carbocycles. The predicted octanol–water partition coefficient (Wildman–Crippen LogP) is 16.6. The summed E-state index contributed by atoms with van der Waals surface area (Å²) in [5.74, 6) is 0. The number of benzene rings is 11. The Morgan fingerprint density at radius 2 is 0.467 bits per heavy atom. The van der Waals surface area contributed by atoms with Gasteiger partial charge in [-0.25, -0.2) is 0 Å². The Bertz CT molecular complexity index is 2950. The van der Waals surface area contributed by atoms with E-state index in [0.29, 0.717) is 0 Å². The second-order valence-corrected chi connectivity index (χ2v) is 15.3. The highest BCUT2D eigenvalue weighted by Gasteiger charge is 2.19. The van der Waals surface area contributed by atoms with Crippen molar-refractivity contribution in [2.75, 3.05) is 9.80 Å². The molecule has 2 heteroatoms. The monoisotopic (exact) mass is 764 g/mol. The molecule has 0 heterocycles. The molecule has 0 aliphatic heterocycles. The van der Waals surface area contributed by atoms with Crippen LogP contribution in [0.3, 0.4) is 0 Å². The normalized spacial score (nSPS) is 11.3. The predicted molar refractivity (Wildman–Crippen MR) is 257 cm³/mol. The van der Waals surface area contributed by atoms with E-state index in [-0.39, 0.29) is 0 Å². The van der Waals surface area contributed by atoms with E-state index in [4.69, 9.17) is 0 Å². The molecule has 0 aliphatic rings. The van der Waals surface area contributed by atoms with E-state index in [2.05, 4.69) is 252 Å². The molecule has 0 radical (unpaired) electrons. The first-order valence-corrected chi connectivity index (χ1v) is 20.6.